The first-order valence-electron chi connectivity index (χ1n) is 5.55. The minimum atomic E-state index is 0.424. The number of pyridine rings is 2. The normalized spacial score (nSPS) is 10.2. The van der Waals surface area contributed by atoms with Crippen LogP contribution in [0.1, 0.15) is 18.3 Å². The molecule has 0 saturated heterocycles. The van der Waals surface area contributed by atoms with E-state index in [1.165, 1.54) is 0 Å². The molecule has 2 N–H and O–H groups in total. The van der Waals surface area contributed by atoms with Crippen molar-refractivity contribution in [2.45, 2.75) is 20.3 Å². The summed E-state index contributed by atoms with van der Waals surface area (Å²) in [6, 6.07) is 7.34. The van der Waals surface area contributed by atoms with Crippen LogP contribution in [0, 0.1) is 6.92 Å². The summed E-state index contributed by atoms with van der Waals surface area (Å²) in [5.74, 6) is 1.14. The Morgan fingerprint density at radius 1 is 1.29 bits per heavy atom. The average Bonchev–Trinajstić information content (AvgIpc) is 2.34. The SMILES string of the molecule is CCc1nc(C)ccc1Oc1ncccc1N. The molecule has 2 heterocycles. The monoisotopic (exact) mass is 229 g/mol. The second-order valence-electron chi connectivity index (χ2n) is 3.75. The van der Waals surface area contributed by atoms with Crippen LogP contribution in [0.3, 0.4) is 0 Å². The summed E-state index contributed by atoms with van der Waals surface area (Å²) in [7, 11) is 0. The second kappa shape index (κ2) is 4.82. The highest BCUT2D eigenvalue weighted by Crippen LogP contribution is 2.26. The van der Waals surface area contributed by atoms with Crippen molar-refractivity contribution >= 4 is 5.69 Å². The Labute approximate surface area is 100 Å². The van der Waals surface area contributed by atoms with Crippen LogP contribution in [0.4, 0.5) is 5.69 Å². The summed E-state index contributed by atoms with van der Waals surface area (Å²) in [6.07, 6.45) is 2.46. The van der Waals surface area contributed by atoms with E-state index < -0.39 is 0 Å². The molecule has 0 aliphatic carbocycles. The largest absolute Gasteiger partial charge is 0.435 e. The zero-order valence-corrected chi connectivity index (χ0v) is 9.97. The molecule has 0 amide bonds. The number of nitrogens with zero attached hydrogens (tertiary/aromatic N) is 2. The molecule has 2 aromatic heterocycles. The van der Waals surface area contributed by atoms with Crippen LogP contribution < -0.4 is 10.5 Å². The van der Waals surface area contributed by atoms with E-state index in [1.54, 1.807) is 18.3 Å². The lowest BCUT2D eigenvalue weighted by molar-refractivity contribution is 0.456. The Kier molecular flexibility index (Phi) is 3.23. The predicted molar refractivity (Wildman–Crippen MR) is 67.1 cm³/mol. The van der Waals surface area contributed by atoms with Crippen molar-refractivity contribution in [1.29, 1.82) is 0 Å². The van der Waals surface area contributed by atoms with Gasteiger partial charge in [-0.05, 0) is 37.6 Å². The van der Waals surface area contributed by atoms with E-state index in [4.69, 9.17) is 10.5 Å². The molecule has 0 aliphatic rings. The molecule has 0 radical (unpaired) electrons. The number of hydrogen-bond acceptors (Lipinski definition) is 4. The Morgan fingerprint density at radius 3 is 2.82 bits per heavy atom. The average molecular weight is 229 g/mol. The van der Waals surface area contributed by atoms with E-state index in [9.17, 15) is 0 Å². The fourth-order valence-electron chi connectivity index (χ4n) is 1.54. The van der Waals surface area contributed by atoms with E-state index >= 15 is 0 Å². The van der Waals surface area contributed by atoms with Crippen molar-refractivity contribution in [1.82, 2.24) is 9.97 Å². The van der Waals surface area contributed by atoms with Crippen molar-refractivity contribution in [3.05, 3.63) is 41.9 Å². The molecule has 17 heavy (non-hydrogen) atoms. The van der Waals surface area contributed by atoms with Gasteiger partial charge in [0.05, 0.1) is 11.4 Å². The third-order valence-corrected chi connectivity index (χ3v) is 2.41. The molecular formula is C13H15N3O. The van der Waals surface area contributed by atoms with Crippen molar-refractivity contribution in [3.8, 4) is 11.6 Å². The minimum absolute atomic E-state index is 0.424. The number of ether oxygens (including phenoxy) is 1. The van der Waals surface area contributed by atoms with Gasteiger partial charge in [0, 0.05) is 11.9 Å². The lowest BCUT2D eigenvalue weighted by atomic mass is 10.2. The fraction of sp³-hybridized carbons (Fsp3) is 0.231. The molecule has 0 aromatic carbocycles. The van der Waals surface area contributed by atoms with Gasteiger partial charge in [0.2, 0.25) is 5.88 Å². The Hall–Kier alpha value is -2.10. The predicted octanol–water partition coefficient (Wildman–Crippen LogP) is 2.72. The van der Waals surface area contributed by atoms with E-state index in [1.807, 2.05) is 26.0 Å². The van der Waals surface area contributed by atoms with Crippen LogP contribution in [-0.2, 0) is 6.42 Å². The van der Waals surface area contributed by atoms with Crippen molar-refractivity contribution in [2.75, 3.05) is 5.73 Å². The number of hydrogen-bond donors (Lipinski definition) is 1. The lowest BCUT2D eigenvalue weighted by Gasteiger charge is -2.10. The van der Waals surface area contributed by atoms with E-state index in [0.29, 0.717) is 17.3 Å². The topological polar surface area (TPSA) is 61.0 Å². The second-order valence-corrected chi connectivity index (χ2v) is 3.75. The zero-order chi connectivity index (χ0) is 12.3. The Balaban J connectivity index is 2.33. The van der Waals surface area contributed by atoms with E-state index in [2.05, 4.69) is 9.97 Å². The highest BCUT2D eigenvalue weighted by atomic mass is 16.5. The maximum Gasteiger partial charge on any atom is 0.242 e. The first kappa shape index (κ1) is 11.4. The van der Waals surface area contributed by atoms with Gasteiger partial charge < -0.3 is 10.5 Å². The molecule has 0 atom stereocenters. The molecule has 0 saturated carbocycles. The van der Waals surface area contributed by atoms with Gasteiger partial charge in [-0.2, -0.15) is 0 Å². The number of nitrogen functional groups attached to an aromatic ring is 1. The Morgan fingerprint density at radius 2 is 2.12 bits per heavy atom. The van der Waals surface area contributed by atoms with Gasteiger partial charge in [-0.15, -0.1) is 0 Å². The van der Waals surface area contributed by atoms with Crippen LogP contribution in [0.5, 0.6) is 11.6 Å². The molecule has 2 aromatic rings. The first-order chi connectivity index (χ1) is 8.20. The fourth-order valence-corrected chi connectivity index (χ4v) is 1.54. The highest BCUT2D eigenvalue weighted by molar-refractivity contribution is 5.49. The first-order valence-corrected chi connectivity index (χ1v) is 5.55. The van der Waals surface area contributed by atoms with Gasteiger partial charge in [0.1, 0.15) is 0 Å². The number of aryl methyl sites for hydroxylation is 2. The maximum absolute atomic E-state index is 5.78. The van der Waals surface area contributed by atoms with Crippen LogP contribution in [0.15, 0.2) is 30.5 Å². The Bertz CT molecular complexity index is 526. The smallest absolute Gasteiger partial charge is 0.242 e. The van der Waals surface area contributed by atoms with Crippen molar-refractivity contribution < 1.29 is 4.74 Å². The van der Waals surface area contributed by atoms with Crippen molar-refractivity contribution in [2.24, 2.45) is 0 Å². The van der Waals surface area contributed by atoms with E-state index in [0.717, 1.165) is 17.8 Å². The van der Waals surface area contributed by atoms with Crippen LogP contribution in [0.2, 0.25) is 0 Å². The summed E-state index contributed by atoms with van der Waals surface area (Å²) >= 11 is 0. The number of nitrogens with two attached hydrogens (primary N) is 1. The summed E-state index contributed by atoms with van der Waals surface area (Å²) < 4.78 is 5.69. The standard InChI is InChI=1S/C13H15N3O/c1-3-11-12(7-6-9(2)16-11)17-13-10(14)5-4-8-15-13/h4-8H,3,14H2,1-2H3. The number of aromatic nitrogens is 2. The molecule has 4 nitrogen and oxygen atoms in total. The van der Waals surface area contributed by atoms with Gasteiger partial charge in [0.15, 0.2) is 5.75 Å². The highest BCUT2D eigenvalue weighted by Gasteiger charge is 2.08. The molecule has 4 heteroatoms. The molecule has 88 valence electrons. The molecular weight excluding hydrogens is 214 g/mol. The molecule has 2 rings (SSSR count). The van der Waals surface area contributed by atoms with Gasteiger partial charge in [-0.3, -0.25) is 4.98 Å². The molecule has 0 bridgehead atoms. The molecule has 0 aliphatic heterocycles. The maximum atomic E-state index is 5.78. The summed E-state index contributed by atoms with van der Waals surface area (Å²) in [5, 5.41) is 0. The summed E-state index contributed by atoms with van der Waals surface area (Å²) in [5.41, 5.74) is 8.19. The van der Waals surface area contributed by atoms with Gasteiger partial charge in [-0.1, -0.05) is 6.92 Å². The molecule has 0 unspecified atom stereocenters. The van der Waals surface area contributed by atoms with Crippen LogP contribution >= 0.6 is 0 Å². The molecule has 0 fully saturated rings. The van der Waals surface area contributed by atoms with Gasteiger partial charge in [0.25, 0.3) is 0 Å². The summed E-state index contributed by atoms with van der Waals surface area (Å²) in [4.78, 5) is 8.52. The third-order valence-electron chi connectivity index (χ3n) is 2.41. The minimum Gasteiger partial charge on any atom is -0.435 e. The summed E-state index contributed by atoms with van der Waals surface area (Å²) in [6.45, 7) is 3.99. The lowest BCUT2D eigenvalue weighted by Crippen LogP contribution is -1.99. The van der Waals surface area contributed by atoms with Crippen LogP contribution in [-0.4, -0.2) is 9.97 Å². The van der Waals surface area contributed by atoms with Gasteiger partial charge in [-0.25, -0.2) is 4.98 Å². The molecule has 0 spiro atoms. The number of rotatable bonds is 3. The van der Waals surface area contributed by atoms with Gasteiger partial charge >= 0.3 is 0 Å². The zero-order valence-electron chi connectivity index (χ0n) is 9.97. The van der Waals surface area contributed by atoms with Crippen molar-refractivity contribution in [3.63, 3.8) is 0 Å². The number of anilines is 1. The third kappa shape index (κ3) is 2.53. The quantitative estimate of drug-likeness (QED) is 0.879. The van der Waals surface area contributed by atoms with Crippen LogP contribution in [0.25, 0.3) is 0 Å². The van der Waals surface area contributed by atoms with E-state index in [-0.39, 0.29) is 0 Å².